The molecule has 0 aliphatic rings. The number of fused-ring (bicyclic) bond motifs is 1. The first kappa shape index (κ1) is 22.2. The molecule has 2 rings (SSSR count). The molecule has 0 bridgehead atoms. The van der Waals surface area contributed by atoms with Crippen LogP contribution in [-0.4, -0.2) is 48.1 Å². The monoisotopic (exact) mass is 503 g/mol. The van der Waals surface area contributed by atoms with E-state index in [0.717, 1.165) is 18.5 Å². The Kier molecular flexibility index (Phi) is 6.58. The summed E-state index contributed by atoms with van der Waals surface area (Å²) in [5, 5.41) is 6.97. The summed E-state index contributed by atoms with van der Waals surface area (Å²) in [7, 11) is -1.71. The Bertz CT molecular complexity index is 777. The molecule has 0 saturated carbocycles. The normalized spacial score (nSPS) is 14.8. The molecule has 146 valence electrons. The molecular weight excluding hydrogens is 468 g/mol. The second-order valence-electron chi connectivity index (χ2n) is 9.81. The van der Waals surface area contributed by atoms with Crippen molar-refractivity contribution in [3.63, 3.8) is 0 Å². The van der Waals surface area contributed by atoms with Crippen LogP contribution in [0.2, 0.25) is 38.1 Å². The first-order valence-electron chi connectivity index (χ1n) is 9.42. The van der Waals surface area contributed by atoms with E-state index in [4.69, 9.17) is 21.1 Å². The zero-order valence-corrected chi connectivity index (χ0v) is 22.4. The van der Waals surface area contributed by atoms with E-state index in [0.29, 0.717) is 5.15 Å². The molecule has 2 aromatic heterocycles. The van der Waals surface area contributed by atoms with Gasteiger partial charge in [0.15, 0.2) is 0 Å². The van der Waals surface area contributed by atoms with Crippen LogP contribution < -0.4 is 3.71 Å². The Labute approximate surface area is 168 Å². The zero-order chi connectivity index (χ0) is 19.9. The van der Waals surface area contributed by atoms with Gasteiger partial charge in [-0.25, -0.2) is 0 Å². The molecule has 1 atom stereocenters. The number of hydrogen-bond donors (Lipinski definition) is 0. The molecular formula is C19H34ClN3OSiSn. The summed E-state index contributed by atoms with van der Waals surface area (Å²) >= 11 is 3.83. The van der Waals surface area contributed by atoms with Gasteiger partial charge >= 0.3 is 169 Å². The van der Waals surface area contributed by atoms with Gasteiger partial charge in [0.25, 0.3) is 0 Å². The molecule has 26 heavy (non-hydrogen) atoms. The fourth-order valence-electron chi connectivity index (χ4n) is 2.72. The average Bonchev–Trinajstić information content (AvgIpc) is 2.84. The van der Waals surface area contributed by atoms with Crippen LogP contribution >= 0.6 is 11.6 Å². The van der Waals surface area contributed by atoms with Crippen molar-refractivity contribution in [3.05, 3.63) is 17.4 Å². The quantitative estimate of drug-likeness (QED) is 0.381. The van der Waals surface area contributed by atoms with E-state index in [1.807, 2.05) is 12.3 Å². The van der Waals surface area contributed by atoms with E-state index in [-0.39, 0.29) is 11.1 Å². The van der Waals surface area contributed by atoms with E-state index in [9.17, 15) is 0 Å². The summed E-state index contributed by atoms with van der Waals surface area (Å²) in [5.74, 6) is 0. The molecule has 0 fully saturated rings. The third-order valence-corrected chi connectivity index (χ3v) is 15.3. The van der Waals surface area contributed by atoms with Gasteiger partial charge in [0.05, 0.1) is 0 Å². The molecule has 0 saturated heterocycles. The third-order valence-electron chi connectivity index (χ3n) is 5.49. The number of rotatable bonds is 6. The Morgan fingerprint density at radius 2 is 1.88 bits per heavy atom. The van der Waals surface area contributed by atoms with Gasteiger partial charge in [0.1, 0.15) is 0 Å². The topological polar surface area (TPSA) is 39.9 Å². The molecule has 4 nitrogen and oxygen atoms in total. The minimum atomic E-state index is -2.34. The summed E-state index contributed by atoms with van der Waals surface area (Å²) in [6.07, 6.45) is 2.85. The van der Waals surface area contributed by atoms with Crippen LogP contribution in [0.25, 0.3) is 10.9 Å². The number of halogens is 1. The molecule has 0 N–H and O–H groups in total. The van der Waals surface area contributed by atoms with Crippen LogP contribution in [0.15, 0.2) is 12.3 Å². The van der Waals surface area contributed by atoms with E-state index >= 15 is 0 Å². The van der Waals surface area contributed by atoms with Gasteiger partial charge in [-0.15, -0.1) is 0 Å². The van der Waals surface area contributed by atoms with Crippen molar-refractivity contribution >= 4 is 52.9 Å². The first-order valence-corrected chi connectivity index (χ1v) is 22.7. The number of pyridine rings is 1. The van der Waals surface area contributed by atoms with E-state index in [2.05, 4.69) is 65.3 Å². The van der Waals surface area contributed by atoms with Crippen molar-refractivity contribution in [1.29, 1.82) is 0 Å². The second-order valence-corrected chi connectivity index (χ2v) is 29.2. The molecule has 2 aromatic rings. The number of aromatic nitrogens is 3. The molecule has 0 spiro atoms. The molecule has 0 radical (unpaired) electrons. The standard InChI is InChI=1S/C16H25ClN3OSi.3CH3.Sn/c1-12(7-8-21-22(5,6)16(2,3)4)20-14-9-15(17)18-10-13(14)11-19-20;;;;/h9-10,12H,7-8H2,1-6H3;3*1H3;/t12-;;;;/m0..../s1. The Balaban J connectivity index is 2.25. The molecule has 0 aliphatic carbocycles. The van der Waals surface area contributed by atoms with Crippen LogP contribution in [0.4, 0.5) is 0 Å². The van der Waals surface area contributed by atoms with Crippen LogP contribution in [0.1, 0.15) is 40.2 Å². The number of hydrogen-bond acceptors (Lipinski definition) is 3. The molecule has 0 aromatic carbocycles. The van der Waals surface area contributed by atoms with E-state index in [1.54, 1.807) is 0 Å². The van der Waals surface area contributed by atoms with Crippen molar-refractivity contribution < 1.29 is 4.43 Å². The van der Waals surface area contributed by atoms with Crippen molar-refractivity contribution in [2.45, 2.75) is 73.1 Å². The van der Waals surface area contributed by atoms with Gasteiger partial charge in [-0.1, -0.05) is 0 Å². The van der Waals surface area contributed by atoms with Gasteiger partial charge < -0.3 is 0 Å². The fraction of sp³-hybridized carbons (Fsp3) is 0.684. The van der Waals surface area contributed by atoms with Crippen molar-refractivity contribution in [3.8, 4) is 0 Å². The summed E-state index contributed by atoms with van der Waals surface area (Å²) in [4.78, 5) is 11.5. The predicted octanol–water partition coefficient (Wildman–Crippen LogP) is 5.60. The minimum absolute atomic E-state index is 0.238. The predicted molar refractivity (Wildman–Crippen MR) is 118 cm³/mol. The molecule has 0 amide bonds. The molecule has 0 aliphatic heterocycles. The second kappa shape index (κ2) is 7.72. The van der Waals surface area contributed by atoms with E-state index in [1.165, 1.54) is 9.10 Å². The first-order chi connectivity index (χ1) is 11.7. The third kappa shape index (κ3) is 4.83. The summed E-state index contributed by atoms with van der Waals surface area (Å²) < 4.78 is 9.79. The summed E-state index contributed by atoms with van der Waals surface area (Å²) in [5.41, 5.74) is 1.10. The maximum atomic E-state index is 6.37. The summed E-state index contributed by atoms with van der Waals surface area (Å²) in [6, 6.07) is 2.22. The van der Waals surface area contributed by atoms with Gasteiger partial charge in [0, 0.05) is 0 Å². The Hall–Kier alpha value is -0.114. The Morgan fingerprint density at radius 1 is 1.27 bits per heavy atom. The van der Waals surface area contributed by atoms with Crippen molar-refractivity contribution in [2.75, 3.05) is 6.61 Å². The number of nitrogens with zero attached hydrogens (tertiary/aromatic N) is 3. The Morgan fingerprint density at radius 3 is 2.42 bits per heavy atom. The maximum absolute atomic E-state index is 6.37. The van der Waals surface area contributed by atoms with E-state index < -0.39 is 26.7 Å². The molecule has 0 unspecified atom stereocenters. The average molecular weight is 503 g/mol. The van der Waals surface area contributed by atoms with Crippen molar-refractivity contribution in [2.24, 2.45) is 0 Å². The van der Waals surface area contributed by atoms with Crippen LogP contribution in [0.5, 0.6) is 0 Å². The van der Waals surface area contributed by atoms with Gasteiger partial charge in [0.2, 0.25) is 0 Å². The van der Waals surface area contributed by atoms with Gasteiger partial charge in [-0.2, -0.15) is 0 Å². The fourth-order valence-corrected chi connectivity index (χ4v) is 7.95. The van der Waals surface area contributed by atoms with Crippen LogP contribution in [0, 0.1) is 0 Å². The zero-order valence-electron chi connectivity index (χ0n) is 17.8. The van der Waals surface area contributed by atoms with Gasteiger partial charge in [-0.3, -0.25) is 0 Å². The molecule has 7 heteroatoms. The summed E-state index contributed by atoms with van der Waals surface area (Å²) in [6.45, 7) is 14.4. The SMILES string of the molecule is C[C@@H](CCO[Si](C)(C)C(C)(C)C)n1n[c]([Sn]([CH3])([CH3])[CH3])c2cnc(Cl)cc21. The van der Waals surface area contributed by atoms with Crippen LogP contribution in [0.3, 0.4) is 0 Å². The van der Waals surface area contributed by atoms with Crippen LogP contribution in [-0.2, 0) is 4.43 Å². The molecule has 2 heterocycles. The van der Waals surface area contributed by atoms with Gasteiger partial charge in [-0.05, 0) is 0 Å². The van der Waals surface area contributed by atoms with Crippen molar-refractivity contribution in [1.82, 2.24) is 14.8 Å².